The van der Waals surface area contributed by atoms with Gasteiger partial charge in [-0.05, 0) is 36.8 Å². The first-order chi connectivity index (χ1) is 14.0. The number of nitrogens with zero attached hydrogens (tertiary/aromatic N) is 2. The number of imidazole rings is 1. The lowest BCUT2D eigenvalue weighted by Gasteiger charge is -2.17. The topological polar surface area (TPSA) is 54.7 Å². The van der Waals surface area contributed by atoms with E-state index >= 15 is 0 Å². The van der Waals surface area contributed by atoms with Crippen molar-refractivity contribution in [2.75, 3.05) is 28.4 Å². The molecule has 0 spiro atoms. The molecule has 6 nitrogen and oxygen atoms in total. The second-order valence-corrected chi connectivity index (χ2v) is 6.56. The Balaban J connectivity index is 2.16. The minimum absolute atomic E-state index is 0.0262. The molecule has 154 valence electrons. The molecule has 0 aliphatic carbocycles. The van der Waals surface area contributed by atoms with E-state index in [-0.39, 0.29) is 11.9 Å². The van der Waals surface area contributed by atoms with Crippen LogP contribution < -0.4 is 14.2 Å². The van der Waals surface area contributed by atoms with E-state index in [4.69, 9.17) is 18.9 Å². The first-order valence-electron chi connectivity index (χ1n) is 9.16. The number of benzene rings is 2. The van der Waals surface area contributed by atoms with Crippen LogP contribution in [-0.4, -0.2) is 44.1 Å². The molecule has 0 saturated heterocycles. The van der Waals surface area contributed by atoms with E-state index in [0.717, 1.165) is 11.4 Å². The number of rotatable bonds is 8. The molecule has 1 unspecified atom stereocenters. The molecule has 0 saturated carbocycles. The lowest BCUT2D eigenvalue weighted by Crippen LogP contribution is -2.15. The van der Waals surface area contributed by atoms with E-state index in [1.54, 1.807) is 39.7 Å². The Morgan fingerprint density at radius 2 is 1.72 bits per heavy atom. The summed E-state index contributed by atoms with van der Waals surface area (Å²) in [4.78, 5) is 4.50. The molecule has 29 heavy (non-hydrogen) atoms. The van der Waals surface area contributed by atoms with Crippen LogP contribution in [0.2, 0.25) is 0 Å². The Labute approximate surface area is 169 Å². The van der Waals surface area contributed by atoms with Crippen LogP contribution in [0.1, 0.15) is 6.92 Å². The van der Waals surface area contributed by atoms with Gasteiger partial charge in [0.1, 0.15) is 5.82 Å². The van der Waals surface area contributed by atoms with E-state index < -0.39 is 5.82 Å². The van der Waals surface area contributed by atoms with Gasteiger partial charge < -0.3 is 23.5 Å². The first kappa shape index (κ1) is 20.7. The zero-order chi connectivity index (χ0) is 21.0. The highest BCUT2D eigenvalue weighted by Gasteiger charge is 2.19. The van der Waals surface area contributed by atoms with Crippen molar-refractivity contribution < 1.29 is 23.3 Å². The van der Waals surface area contributed by atoms with Crippen LogP contribution in [0, 0.1) is 5.82 Å². The fourth-order valence-corrected chi connectivity index (χ4v) is 3.21. The van der Waals surface area contributed by atoms with Gasteiger partial charge in [0.2, 0.25) is 0 Å². The second-order valence-electron chi connectivity index (χ2n) is 6.56. The standard InChI is InChI=1S/C22H25FN2O4/c1-14(26-2)13-25-9-8-24-22(25)16-10-17(21(29-5)20(12-16)28-4)15-6-7-19(27-3)18(23)11-15/h6-12,14H,13H2,1-5H3. The van der Waals surface area contributed by atoms with Gasteiger partial charge in [-0.3, -0.25) is 0 Å². The maximum Gasteiger partial charge on any atom is 0.168 e. The van der Waals surface area contributed by atoms with E-state index in [1.807, 2.05) is 29.8 Å². The van der Waals surface area contributed by atoms with Gasteiger partial charge in [-0.25, -0.2) is 9.37 Å². The SMILES string of the molecule is COc1ccc(-c2cc(-c3nccn3CC(C)OC)cc(OC)c2OC)cc1F. The number of aromatic nitrogens is 2. The smallest absolute Gasteiger partial charge is 0.168 e. The van der Waals surface area contributed by atoms with Gasteiger partial charge in [0.15, 0.2) is 23.1 Å². The quantitative estimate of drug-likeness (QED) is 0.560. The van der Waals surface area contributed by atoms with Crippen LogP contribution in [0.5, 0.6) is 17.2 Å². The fourth-order valence-electron chi connectivity index (χ4n) is 3.21. The number of halogens is 1. The number of methoxy groups -OCH3 is 4. The summed E-state index contributed by atoms with van der Waals surface area (Å²) >= 11 is 0. The normalized spacial score (nSPS) is 11.9. The van der Waals surface area contributed by atoms with Crippen molar-refractivity contribution in [2.45, 2.75) is 19.6 Å². The summed E-state index contributed by atoms with van der Waals surface area (Å²) < 4.78 is 37.9. The second kappa shape index (κ2) is 8.96. The van der Waals surface area contributed by atoms with Crippen LogP contribution in [0.3, 0.4) is 0 Å². The minimum Gasteiger partial charge on any atom is -0.494 e. The summed E-state index contributed by atoms with van der Waals surface area (Å²) in [6.45, 7) is 2.64. The molecule has 3 rings (SSSR count). The maximum absolute atomic E-state index is 14.3. The molecule has 0 amide bonds. The van der Waals surface area contributed by atoms with E-state index in [1.165, 1.54) is 13.2 Å². The summed E-state index contributed by atoms with van der Waals surface area (Å²) in [6.07, 6.45) is 3.66. The molecule has 7 heteroatoms. The average molecular weight is 400 g/mol. The number of hydrogen-bond donors (Lipinski definition) is 0. The predicted octanol–water partition coefficient (Wildman–Crippen LogP) is 4.42. The molecule has 0 bridgehead atoms. The van der Waals surface area contributed by atoms with Crippen molar-refractivity contribution in [1.29, 1.82) is 0 Å². The highest BCUT2D eigenvalue weighted by atomic mass is 19.1. The van der Waals surface area contributed by atoms with Crippen molar-refractivity contribution in [2.24, 2.45) is 0 Å². The molecule has 3 aromatic rings. The van der Waals surface area contributed by atoms with Crippen molar-refractivity contribution in [3.05, 3.63) is 48.5 Å². The molecule has 1 aromatic heterocycles. The van der Waals surface area contributed by atoms with E-state index in [9.17, 15) is 4.39 Å². The largest absolute Gasteiger partial charge is 0.494 e. The highest BCUT2D eigenvalue weighted by Crippen LogP contribution is 2.42. The Morgan fingerprint density at radius 1 is 0.966 bits per heavy atom. The zero-order valence-electron chi connectivity index (χ0n) is 17.2. The molecule has 2 aromatic carbocycles. The molecular weight excluding hydrogens is 375 g/mol. The molecule has 0 fully saturated rings. The van der Waals surface area contributed by atoms with E-state index in [2.05, 4.69) is 4.98 Å². The molecular formula is C22H25FN2O4. The summed E-state index contributed by atoms with van der Waals surface area (Å²) in [5, 5.41) is 0. The Morgan fingerprint density at radius 3 is 2.34 bits per heavy atom. The third-order valence-corrected chi connectivity index (χ3v) is 4.77. The van der Waals surface area contributed by atoms with Crippen LogP contribution in [0.25, 0.3) is 22.5 Å². The third-order valence-electron chi connectivity index (χ3n) is 4.77. The molecule has 0 aliphatic rings. The summed E-state index contributed by atoms with van der Waals surface area (Å²) in [5.41, 5.74) is 2.16. The molecule has 1 heterocycles. The monoisotopic (exact) mass is 400 g/mol. The molecule has 0 aliphatic heterocycles. The lowest BCUT2D eigenvalue weighted by atomic mass is 10.00. The predicted molar refractivity (Wildman–Crippen MR) is 109 cm³/mol. The van der Waals surface area contributed by atoms with Crippen molar-refractivity contribution in [1.82, 2.24) is 9.55 Å². The lowest BCUT2D eigenvalue weighted by molar-refractivity contribution is 0.103. The van der Waals surface area contributed by atoms with Gasteiger partial charge in [-0.1, -0.05) is 6.07 Å². The van der Waals surface area contributed by atoms with Gasteiger partial charge in [-0.15, -0.1) is 0 Å². The fraction of sp³-hybridized carbons (Fsp3) is 0.318. The Hall–Kier alpha value is -3.06. The van der Waals surface area contributed by atoms with Crippen molar-refractivity contribution in [3.8, 4) is 39.8 Å². The molecule has 1 atom stereocenters. The highest BCUT2D eigenvalue weighted by molar-refractivity contribution is 5.80. The van der Waals surface area contributed by atoms with Gasteiger partial charge in [-0.2, -0.15) is 0 Å². The third kappa shape index (κ3) is 4.19. The molecule has 0 radical (unpaired) electrons. The average Bonchev–Trinajstić information content (AvgIpc) is 3.20. The summed E-state index contributed by atoms with van der Waals surface area (Å²) in [5.74, 6) is 1.53. The van der Waals surface area contributed by atoms with Crippen LogP contribution in [0.15, 0.2) is 42.7 Å². The Bertz CT molecular complexity index is 987. The zero-order valence-corrected chi connectivity index (χ0v) is 17.2. The maximum atomic E-state index is 14.3. The van der Waals surface area contributed by atoms with Crippen LogP contribution in [-0.2, 0) is 11.3 Å². The van der Waals surface area contributed by atoms with Gasteiger partial charge in [0, 0.05) is 30.6 Å². The van der Waals surface area contributed by atoms with Crippen molar-refractivity contribution in [3.63, 3.8) is 0 Å². The Kier molecular flexibility index (Phi) is 6.39. The van der Waals surface area contributed by atoms with E-state index in [0.29, 0.717) is 29.2 Å². The van der Waals surface area contributed by atoms with Gasteiger partial charge in [0.25, 0.3) is 0 Å². The minimum atomic E-state index is -0.452. The first-order valence-corrected chi connectivity index (χ1v) is 9.16. The molecule has 0 N–H and O–H groups in total. The number of hydrogen-bond acceptors (Lipinski definition) is 5. The number of ether oxygens (including phenoxy) is 4. The van der Waals surface area contributed by atoms with Crippen LogP contribution >= 0.6 is 0 Å². The van der Waals surface area contributed by atoms with Crippen LogP contribution in [0.4, 0.5) is 4.39 Å². The van der Waals surface area contributed by atoms with Gasteiger partial charge >= 0.3 is 0 Å². The summed E-state index contributed by atoms with van der Waals surface area (Å²) in [6, 6.07) is 8.56. The summed E-state index contributed by atoms with van der Waals surface area (Å²) in [7, 11) is 6.23. The van der Waals surface area contributed by atoms with Crippen molar-refractivity contribution >= 4 is 0 Å². The van der Waals surface area contributed by atoms with Gasteiger partial charge in [0.05, 0.1) is 34.0 Å².